The average Bonchev–Trinajstić information content (AvgIpc) is 2.38. The zero-order valence-electron chi connectivity index (χ0n) is 13.2. The van der Waals surface area contributed by atoms with Gasteiger partial charge in [0.15, 0.2) is 0 Å². The van der Waals surface area contributed by atoms with Crippen molar-refractivity contribution >= 4 is 6.09 Å². The first kappa shape index (κ1) is 15.6. The summed E-state index contributed by atoms with van der Waals surface area (Å²) in [4.78, 5) is 14.1. The van der Waals surface area contributed by atoms with Crippen molar-refractivity contribution in [3.8, 4) is 0 Å². The van der Waals surface area contributed by atoms with Crippen LogP contribution in [0.2, 0.25) is 0 Å². The molecule has 0 aromatic heterocycles. The van der Waals surface area contributed by atoms with Crippen molar-refractivity contribution in [2.75, 3.05) is 13.1 Å². The summed E-state index contributed by atoms with van der Waals surface area (Å²) >= 11 is 0. The lowest BCUT2D eigenvalue weighted by atomic mass is 9.75. The molecule has 0 unspecified atom stereocenters. The summed E-state index contributed by atoms with van der Waals surface area (Å²) in [6.07, 6.45) is 6.96. The van der Waals surface area contributed by atoms with Gasteiger partial charge in [-0.2, -0.15) is 0 Å². The van der Waals surface area contributed by atoms with Gasteiger partial charge < -0.3 is 15.4 Å². The zero-order valence-corrected chi connectivity index (χ0v) is 13.2. The average molecular weight is 282 g/mol. The number of ether oxygens (including phenoxy) is 1. The van der Waals surface area contributed by atoms with E-state index in [4.69, 9.17) is 10.5 Å². The second-order valence-corrected chi connectivity index (χ2v) is 7.50. The van der Waals surface area contributed by atoms with Gasteiger partial charge in [0.2, 0.25) is 0 Å². The third kappa shape index (κ3) is 4.37. The predicted molar refractivity (Wildman–Crippen MR) is 80.5 cm³/mol. The lowest BCUT2D eigenvalue weighted by Crippen LogP contribution is -2.45. The Morgan fingerprint density at radius 3 is 2.35 bits per heavy atom. The molecule has 0 radical (unpaired) electrons. The smallest absolute Gasteiger partial charge is 0.410 e. The highest BCUT2D eigenvalue weighted by Gasteiger charge is 2.33. The molecule has 1 heterocycles. The Balaban J connectivity index is 1.86. The molecule has 4 nitrogen and oxygen atoms in total. The Labute approximate surface area is 123 Å². The zero-order chi connectivity index (χ0) is 14.8. The van der Waals surface area contributed by atoms with Crippen LogP contribution < -0.4 is 5.73 Å². The number of hydrogen-bond acceptors (Lipinski definition) is 3. The summed E-state index contributed by atoms with van der Waals surface area (Å²) < 4.78 is 5.50. The molecule has 0 bridgehead atoms. The maximum atomic E-state index is 12.2. The lowest BCUT2D eigenvalue weighted by Gasteiger charge is -2.39. The standard InChI is InChI=1S/C16H30N2O2/c1-16(2,3)20-15(19)18-10-4-5-13(11-18)12-6-8-14(17)9-7-12/h12-14H,4-11,17H2,1-3H3/t12?,13-,14?/m0/s1. The third-order valence-electron chi connectivity index (χ3n) is 4.59. The Morgan fingerprint density at radius 2 is 1.75 bits per heavy atom. The summed E-state index contributed by atoms with van der Waals surface area (Å²) in [7, 11) is 0. The number of carbonyl (C=O) groups excluding carboxylic acids is 1. The van der Waals surface area contributed by atoms with Crippen LogP contribution in [0.3, 0.4) is 0 Å². The maximum absolute atomic E-state index is 12.2. The van der Waals surface area contributed by atoms with Gasteiger partial charge in [-0.3, -0.25) is 0 Å². The van der Waals surface area contributed by atoms with Gasteiger partial charge in [0.25, 0.3) is 0 Å². The second kappa shape index (κ2) is 6.33. The van der Waals surface area contributed by atoms with Crippen LogP contribution in [0.25, 0.3) is 0 Å². The fraction of sp³-hybridized carbons (Fsp3) is 0.938. The van der Waals surface area contributed by atoms with Crippen molar-refractivity contribution in [2.45, 2.75) is 70.9 Å². The molecule has 1 saturated heterocycles. The second-order valence-electron chi connectivity index (χ2n) is 7.50. The minimum absolute atomic E-state index is 0.144. The van der Waals surface area contributed by atoms with E-state index >= 15 is 0 Å². The number of likely N-dealkylation sites (tertiary alicyclic amines) is 1. The van der Waals surface area contributed by atoms with Crippen LogP contribution in [0.1, 0.15) is 59.3 Å². The normalized spacial score (nSPS) is 32.0. The summed E-state index contributed by atoms with van der Waals surface area (Å²) in [5.41, 5.74) is 5.59. The predicted octanol–water partition coefficient (Wildman–Crippen LogP) is 3.15. The Morgan fingerprint density at radius 1 is 1.10 bits per heavy atom. The minimum Gasteiger partial charge on any atom is -0.444 e. The van der Waals surface area contributed by atoms with Crippen molar-refractivity contribution in [3.05, 3.63) is 0 Å². The molecule has 1 amide bonds. The first-order valence-electron chi connectivity index (χ1n) is 8.08. The number of amides is 1. The van der Waals surface area contributed by atoms with Gasteiger partial charge in [0.05, 0.1) is 0 Å². The van der Waals surface area contributed by atoms with E-state index in [9.17, 15) is 4.79 Å². The molecule has 4 heteroatoms. The molecular formula is C16H30N2O2. The largest absolute Gasteiger partial charge is 0.444 e. The summed E-state index contributed by atoms with van der Waals surface area (Å²) in [5.74, 6) is 1.39. The highest BCUT2D eigenvalue weighted by molar-refractivity contribution is 5.68. The van der Waals surface area contributed by atoms with Gasteiger partial charge in [-0.05, 0) is 71.1 Å². The molecule has 20 heavy (non-hydrogen) atoms. The van der Waals surface area contributed by atoms with E-state index in [1.165, 1.54) is 19.3 Å². The van der Waals surface area contributed by atoms with E-state index in [1.54, 1.807) is 0 Å². The first-order valence-corrected chi connectivity index (χ1v) is 8.08. The van der Waals surface area contributed by atoms with E-state index in [1.807, 2.05) is 25.7 Å². The number of nitrogens with two attached hydrogens (primary N) is 1. The van der Waals surface area contributed by atoms with E-state index < -0.39 is 5.60 Å². The molecule has 0 aromatic carbocycles. The quantitative estimate of drug-likeness (QED) is 0.803. The van der Waals surface area contributed by atoms with Crippen LogP contribution in [-0.4, -0.2) is 35.7 Å². The molecule has 2 N–H and O–H groups in total. The molecule has 2 aliphatic rings. The minimum atomic E-state index is -0.401. The molecule has 1 atom stereocenters. The Hall–Kier alpha value is -0.770. The van der Waals surface area contributed by atoms with Gasteiger partial charge in [0, 0.05) is 19.1 Å². The van der Waals surface area contributed by atoms with E-state index in [-0.39, 0.29) is 6.09 Å². The highest BCUT2D eigenvalue weighted by atomic mass is 16.6. The fourth-order valence-corrected chi connectivity index (χ4v) is 3.50. The summed E-state index contributed by atoms with van der Waals surface area (Å²) in [6, 6.07) is 0.400. The molecule has 0 spiro atoms. The molecule has 0 aromatic rings. The number of hydrogen-bond donors (Lipinski definition) is 1. The maximum Gasteiger partial charge on any atom is 0.410 e. The van der Waals surface area contributed by atoms with Crippen molar-refractivity contribution in [3.63, 3.8) is 0 Å². The number of nitrogens with zero attached hydrogens (tertiary/aromatic N) is 1. The number of rotatable bonds is 1. The molecule has 1 saturated carbocycles. The summed E-state index contributed by atoms with van der Waals surface area (Å²) in [5, 5.41) is 0. The van der Waals surface area contributed by atoms with Crippen LogP contribution in [0, 0.1) is 11.8 Å². The molecule has 2 rings (SSSR count). The van der Waals surface area contributed by atoms with Gasteiger partial charge >= 0.3 is 6.09 Å². The van der Waals surface area contributed by atoms with Crippen LogP contribution in [0.15, 0.2) is 0 Å². The van der Waals surface area contributed by atoms with Gasteiger partial charge in [-0.25, -0.2) is 4.79 Å². The SMILES string of the molecule is CC(C)(C)OC(=O)N1CCC[C@H](C2CCC(N)CC2)C1. The van der Waals surface area contributed by atoms with Crippen LogP contribution in [0.4, 0.5) is 4.79 Å². The van der Waals surface area contributed by atoms with Crippen LogP contribution >= 0.6 is 0 Å². The van der Waals surface area contributed by atoms with Crippen molar-refractivity contribution < 1.29 is 9.53 Å². The van der Waals surface area contributed by atoms with Gasteiger partial charge in [-0.1, -0.05) is 0 Å². The van der Waals surface area contributed by atoms with Crippen molar-refractivity contribution in [1.29, 1.82) is 0 Å². The third-order valence-corrected chi connectivity index (χ3v) is 4.59. The van der Waals surface area contributed by atoms with Gasteiger partial charge in [-0.15, -0.1) is 0 Å². The van der Waals surface area contributed by atoms with E-state index in [2.05, 4.69) is 0 Å². The molecule has 116 valence electrons. The molecule has 1 aliphatic carbocycles. The molecule has 1 aliphatic heterocycles. The molecule has 2 fully saturated rings. The van der Waals surface area contributed by atoms with Crippen LogP contribution in [-0.2, 0) is 4.74 Å². The highest BCUT2D eigenvalue weighted by Crippen LogP contribution is 2.34. The number of carbonyl (C=O) groups is 1. The number of piperidine rings is 1. The lowest BCUT2D eigenvalue weighted by molar-refractivity contribution is 0.0111. The van der Waals surface area contributed by atoms with Crippen molar-refractivity contribution in [2.24, 2.45) is 17.6 Å². The molecular weight excluding hydrogens is 252 g/mol. The van der Waals surface area contributed by atoms with E-state index in [0.717, 1.165) is 38.3 Å². The van der Waals surface area contributed by atoms with Crippen molar-refractivity contribution in [1.82, 2.24) is 4.90 Å². The van der Waals surface area contributed by atoms with E-state index in [0.29, 0.717) is 12.0 Å². The van der Waals surface area contributed by atoms with Crippen LogP contribution in [0.5, 0.6) is 0 Å². The Bertz CT molecular complexity index is 330. The topological polar surface area (TPSA) is 55.6 Å². The van der Waals surface area contributed by atoms with Gasteiger partial charge in [0.1, 0.15) is 5.60 Å². The Kier molecular flexibility index (Phi) is 4.95. The first-order chi connectivity index (χ1) is 9.35. The monoisotopic (exact) mass is 282 g/mol. The fourth-order valence-electron chi connectivity index (χ4n) is 3.50. The summed E-state index contributed by atoms with van der Waals surface area (Å²) in [6.45, 7) is 7.49.